The van der Waals surface area contributed by atoms with Crippen LogP contribution in [0.1, 0.15) is 6.92 Å². The third-order valence-electron chi connectivity index (χ3n) is 2.58. The molecular weight excluding hydrogens is 234 g/mol. The van der Waals surface area contributed by atoms with E-state index in [1.807, 2.05) is 43.0 Å². The number of hydrogen-bond donors (Lipinski definition) is 1. The van der Waals surface area contributed by atoms with Gasteiger partial charge in [-0.1, -0.05) is 0 Å². The van der Waals surface area contributed by atoms with Crippen LogP contribution < -0.4 is 14.8 Å². The van der Waals surface area contributed by atoms with E-state index in [4.69, 9.17) is 9.47 Å². The minimum absolute atomic E-state index is 0.473. The summed E-state index contributed by atoms with van der Waals surface area (Å²) in [6.07, 6.45) is 0. The molecule has 2 rings (SSSR count). The van der Waals surface area contributed by atoms with Crippen LogP contribution in [0.25, 0.3) is 0 Å². The highest BCUT2D eigenvalue weighted by molar-refractivity contribution is 7.99. The van der Waals surface area contributed by atoms with Crippen molar-refractivity contribution in [1.29, 1.82) is 0 Å². The standard InChI is InChI=1S/C13H19NO2S/c1-2-15-12-3-5-13(6-4-12)16-9-11-10-17-8-7-14-11/h3-6,11,14H,2,7-10H2,1H3. The Labute approximate surface area is 107 Å². The molecule has 0 bridgehead atoms. The second-order valence-corrected chi connectivity index (χ2v) is 5.09. The lowest BCUT2D eigenvalue weighted by Crippen LogP contribution is -2.41. The van der Waals surface area contributed by atoms with Crippen molar-refractivity contribution in [3.63, 3.8) is 0 Å². The highest BCUT2D eigenvalue weighted by atomic mass is 32.2. The van der Waals surface area contributed by atoms with E-state index in [1.54, 1.807) is 0 Å². The van der Waals surface area contributed by atoms with Crippen molar-refractivity contribution in [3.05, 3.63) is 24.3 Å². The number of benzene rings is 1. The molecule has 1 aromatic rings. The van der Waals surface area contributed by atoms with Gasteiger partial charge < -0.3 is 14.8 Å². The summed E-state index contributed by atoms with van der Waals surface area (Å²) in [5, 5.41) is 3.45. The smallest absolute Gasteiger partial charge is 0.119 e. The Morgan fingerprint density at radius 3 is 2.53 bits per heavy atom. The number of ether oxygens (including phenoxy) is 2. The first-order chi connectivity index (χ1) is 8.38. The van der Waals surface area contributed by atoms with Gasteiger partial charge in [0.05, 0.1) is 12.6 Å². The third kappa shape index (κ3) is 4.13. The molecule has 1 unspecified atom stereocenters. The highest BCUT2D eigenvalue weighted by Crippen LogP contribution is 2.18. The molecule has 94 valence electrons. The molecule has 17 heavy (non-hydrogen) atoms. The fourth-order valence-electron chi connectivity index (χ4n) is 1.72. The van der Waals surface area contributed by atoms with E-state index in [9.17, 15) is 0 Å². The normalized spacial score (nSPS) is 19.9. The molecular formula is C13H19NO2S. The van der Waals surface area contributed by atoms with Crippen molar-refractivity contribution in [2.45, 2.75) is 13.0 Å². The van der Waals surface area contributed by atoms with Crippen LogP contribution in [0.3, 0.4) is 0 Å². The molecule has 0 saturated carbocycles. The molecule has 1 fully saturated rings. The second kappa shape index (κ2) is 6.77. The summed E-state index contributed by atoms with van der Waals surface area (Å²) in [4.78, 5) is 0. The van der Waals surface area contributed by atoms with Gasteiger partial charge in [-0.05, 0) is 31.2 Å². The molecule has 1 saturated heterocycles. The predicted octanol–water partition coefficient (Wildman–Crippen LogP) is 2.17. The molecule has 0 amide bonds. The topological polar surface area (TPSA) is 30.5 Å². The van der Waals surface area contributed by atoms with Gasteiger partial charge in [0.25, 0.3) is 0 Å². The third-order valence-corrected chi connectivity index (χ3v) is 3.72. The number of rotatable bonds is 5. The minimum Gasteiger partial charge on any atom is -0.494 e. The van der Waals surface area contributed by atoms with Crippen molar-refractivity contribution in [2.24, 2.45) is 0 Å². The zero-order valence-electron chi connectivity index (χ0n) is 10.1. The first-order valence-electron chi connectivity index (χ1n) is 6.05. The van der Waals surface area contributed by atoms with Crippen molar-refractivity contribution >= 4 is 11.8 Å². The lowest BCUT2D eigenvalue weighted by molar-refractivity contribution is 0.275. The van der Waals surface area contributed by atoms with Crippen LogP contribution >= 0.6 is 11.8 Å². The average Bonchev–Trinajstić information content (AvgIpc) is 2.40. The van der Waals surface area contributed by atoms with Crippen molar-refractivity contribution in [2.75, 3.05) is 31.3 Å². The molecule has 1 aliphatic rings. The lowest BCUT2D eigenvalue weighted by Gasteiger charge is -2.23. The van der Waals surface area contributed by atoms with E-state index < -0.39 is 0 Å². The van der Waals surface area contributed by atoms with Gasteiger partial charge in [0.15, 0.2) is 0 Å². The van der Waals surface area contributed by atoms with Gasteiger partial charge >= 0.3 is 0 Å². The number of hydrogen-bond acceptors (Lipinski definition) is 4. The molecule has 1 heterocycles. The van der Waals surface area contributed by atoms with Crippen molar-refractivity contribution < 1.29 is 9.47 Å². The maximum atomic E-state index is 5.75. The molecule has 4 heteroatoms. The summed E-state index contributed by atoms with van der Waals surface area (Å²) in [5.74, 6) is 4.15. The Morgan fingerprint density at radius 1 is 1.24 bits per heavy atom. The van der Waals surface area contributed by atoms with Crippen LogP contribution in [0.5, 0.6) is 11.5 Å². The van der Waals surface area contributed by atoms with E-state index in [1.165, 1.54) is 5.75 Å². The minimum atomic E-state index is 0.473. The fraction of sp³-hybridized carbons (Fsp3) is 0.538. The zero-order valence-corrected chi connectivity index (χ0v) is 11.0. The number of thioether (sulfide) groups is 1. The molecule has 1 N–H and O–H groups in total. The first kappa shape index (κ1) is 12.6. The second-order valence-electron chi connectivity index (χ2n) is 3.94. The zero-order chi connectivity index (χ0) is 11.9. The predicted molar refractivity (Wildman–Crippen MR) is 72.2 cm³/mol. The van der Waals surface area contributed by atoms with Crippen LogP contribution in [-0.4, -0.2) is 37.3 Å². The highest BCUT2D eigenvalue weighted by Gasteiger charge is 2.13. The largest absolute Gasteiger partial charge is 0.494 e. The maximum absolute atomic E-state index is 5.75. The fourth-order valence-corrected chi connectivity index (χ4v) is 2.65. The van der Waals surface area contributed by atoms with Gasteiger partial charge in [-0.2, -0.15) is 11.8 Å². The molecule has 0 aliphatic carbocycles. The van der Waals surface area contributed by atoms with Crippen LogP contribution in [0.15, 0.2) is 24.3 Å². The summed E-state index contributed by atoms with van der Waals surface area (Å²) in [5.41, 5.74) is 0. The van der Waals surface area contributed by atoms with E-state index in [0.29, 0.717) is 12.6 Å². The summed E-state index contributed by atoms with van der Waals surface area (Å²) < 4.78 is 11.1. The van der Waals surface area contributed by atoms with E-state index in [-0.39, 0.29) is 0 Å². The Kier molecular flexibility index (Phi) is 5.01. The van der Waals surface area contributed by atoms with Gasteiger partial charge in [-0.15, -0.1) is 0 Å². The molecule has 1 atom stereocenters. The van der Waals surface area contributed by atoms with Gasteiger partial charge in [-0.3, -0.25) is 0 Å². The van der Waals surface area contributed by atoms with Gasteiger partial charge in [0.1, 0.15) is 18.1 Å². The molecule has 0 aromatic heterocycles. The van der Waals surface area contributed by atoms with Crippen molar-refractivity contribution in [3.8, 4) is 11.5 Å². The molecule has 3 nitrogen and oxygen atoms in total. The van der Waals surface area contributed by atoms with Crippen LogP contribution in [0.4, 0.5) is 0 Å². The summed E-state index contributed by atoms with van der Waals surface area (Å²) >= 11 is 1.98. The monoisotopic (exact) mass is 253 g/mol. The Bertz CT molecular complexity index is 323. The molecule has 0 radical (unpaired) electrons. The van der Waals surface area contributed by atoms with E-state index in [2.05, 4.69) is 5.32 Å². The maximum Gasteiger partial charge on any atom is 0.119 e. The van der Waals surface area contributed by atoms with E-state index in [0.717, 1.165) is 30.4 Å². The van der Waals surface area contributed by atoms with Crippen LogP contribution in [0, 0.1) is 0 Å². The Morgan fingerprint density at radius 2 is 1.94 bits per heavy atom. The SMILES string of the molecule is CCOc1ccc(OCC2CSCCN2)cc1. The van der Waals surface area contributed by atoms with Gasteiger partial charge in [0, 0.05) is 18.1 Å². The van der Waals surface area contributed by atoms with Crippen molar-refractivity contribution in [1.82, 2.24) is 5.32 Å². The lowest BCUT2D eigenvalue weighted by atomic mass is 10.3. The van der Waals surface area contributed by atoms with E-state index >= 15 is 0 Å². The van der Waals surface area contributed by atoms with Gasteiger partial charge in [0.2, 0.25) is 0 Å². The Balaban J connectivity index is 1.77. The summed E-state index contributed by atoms with van der Waals surface area (Å²) in [6.45, 7) is 4.50. The van der Waals surface area contributed by atoms with Crippen LogP contribution in [0.2, 0.25) is 0 Å². The molecule has 1 aliphatic heterocycles. The van der Waals surface area contributed by atoms with Gasteiger partial charge in [-0.25, -0.2) is 0 Å². The number of nitrogens with one attached hydrogen (secondary N) is 1. The average molecular weight is 253 g/mol. The van der Waals surface area contributed by atoms with Crippen LogP contribution in [-0.2, 0) is 0 Å². The summed E-state index contributed by atoms with van der Waals surface area (Å²) in [6, 6.07) is 8.28. The Hall–Kier alpha value is -0.870. The molecule has 0 spiro atoms. The summed E-state index contributed by atoms with van der Waals surface area (Å²) in [7, 11) is 0. The first-order valence-corrected chi connectivity index (χ1v) is 7.20. The molecule has 1 aromatic carbocycles. The quantitative estimate of drug-likeness (QED) is 0.871.